The van der Waals surface area contributed by atoms with Crippen molar-refractivity contribution >= 4 is 0 Å². The molecule has 5 heteroatoms. The van der Waals surface area contributed by atoms with Gasteiger partial charge in [-0.3, -0.25) is 0 Å². The van der Waals surface area contributed by atoms with Crippen LogP contribution in [0.2, 0.25) is 0 Å². The van der Waals surface area contributed by atoms with Crippen LogP contribution in [-0.4, -0.2) is 30.5 Å². The summed E-state index contributed by atoms with van der Waals surface area (Å²) in [7, 11) is 0. The number of aliphatic hydroxyl groups is 1. The highest BCUT2D eigenvalue weighted by Gasteiger charge is 2.37. The van der Waals surface area contributed by atoms with E-state index in [0.717, 1.165) is 5.57 Å². The molecule has 0 radical (unpaired) electrons. The molecule has 0 saturated heterocycles. The van der Waals surface area contributed by atoms with Crippen molar-refractivity contribution in [2.24, 2.45) is 0 Å². The molecular weight excluding hydrogens is 183 g/mol. The maximum atomic E-state index is 11.7. The summed E-state index contributed by atoms with van der Waals surface area (Å²) in [6.07, 6.45) is -6.20. The first-order valence-electron chi connectivity index (χ1n) is 3.94. The van der Waals surface area contributed by atoms with Crippen LogP contribution in [0.3, 0.4) is 0 Å². The van der Waals surface area contributed by atoms with E-state index < -0.39 is 18.8 Å². The summed E-state index contributed by atoms with van der Waals surface area (Å²) in [5.74, 6) is 0. The summed E-state index contributed by atoms with van der Waals surface area (Å²) in [4.78, 5) is 0. The number of alkyl halides is 3. The Morgan fingerprint density at radius 2 is 2.08 bits per heavy atom. The second-order valence-corrected chi connectivity index (χ2v) is 2.97. The van der Waals surface area contributed by atoms with E-state index in [1.54, 1.807) is 6.92 Å². The lowest BCUT2D eigenvalue weighted by atomic mass is 10.2. The Labute approximate surface area is 75.4 Å². The molecule has 0 amide bonds. The van der Waals surface area contributed by atoms with E-state index >= 15 is 0 Å². The Kier molecular flexibility index (Phi) is 5.02. The Balaban J connectivity index is 3.49. The molecule has 0 bridgehead atoms. The lowest BCUT2D eigenvalue weighted by molar-refractivity contribution is -0.201. The Hall–Kier alpha value is -0.550. The predicted molar refractivity (Wildman–Crippen MR) is 44.4 cm³/mol. The van der Waals surface area contributed by atoms with E-state index in [4.69, 9.17) is 5.11 Å². The highest BCUT2D eigenvalue weighted by Crippen LogP contribution is 2.19. The summed E-state index contributed by atoms with van der Waals surface area (Å²) in [6.45, 7) is 5.33. The molecule has 0 aromatic rings. The quantitative estimate of drug-likeness (QED) is 0.516. The molecule has 2 nitrogen and oxygen atoms in total. The molecule has 0 aromatic carbocycles. The zero-order chi connectivity index (χ0) is 10.5. The van der Waals surface area contributed by atoms with Crippen LogP contribution in [0.15, 0.2) is 12.2 Å². The van der Waals surface area contributed by atoms with Crippen molar-refractivity contribution in [1.29, 1.82) is 0 Å². The number of rotatable bonds is 5. The number of aliphatic hydroxyl groups excluding tert-OH is 1. The molecule has 0 aliphatic rings. The van der Waals surface area contributed by atoms with Gasteiger partial charge in [-0.05, 0) is 19.9 Å². The maximum Gasteiger partial charge on any atom is 0.415 e. The maximum absolute atomic E-state index is 11.7. The van der Waals surface area contributed by atoms with Crippen LogP contribution >= 0.6 is 0 Å². The second kappa shape index (κ2) is 5.24. The second-order valence-electron chi connectivity index (χ2n) is 2.97. The predicted octanol–water partition coefficient (Wildman–Crippen LogP) is 1.47. The van der Waals surface area contributed by atoms with E-state index in [9.17, 15) is 13.2 Å². The van der Waals surface area contributed by atoms with Crippen LogP contribution in [0.25, 0.3) is 0 Å². The van der Waals surface area contributed by atoms with Crippen molar-refractivity contribution in [3.63, 3.8) is 0 Å². The van der Waals surface area contributed by atoms with E-state index in [1.807, 2.05) is 0 Å². The first-order chi connectivity index (χ1) is 5.84. The normalized spacial score (nSPS) is 14.2. The van der Waals surface area contributed by atoms with Crippen molar-refractivity contribution in [2.45, 2.75) is 25.6 Å². The minimum Gasteiger partial charge on any atom is -0.382 e. The largest absolute Gasteiger partial charge is 0.415 e. The molecule has 1 unspecified atom stereocenters. The van der Waals surface area contributed by atoms with E-state index in [1.165, 1.54) is 0 Å². The average Bonchev–Trinajstić information content (AvgIpc) is 1.95. The smallest absolute Gasteiger partial charge is 0.382 e. The summed E-state index contributed by atoms with van der Waals surface area (Å²) < 4.78 is 35.2. The highest BCUT2D eigenvalue weighted by molar-refractivity contribution is 4.88. The Morgan fingerprint density at radius 1 is 1.54 bits per heavy atom. The summed E-state index contributed by atoms with van der Waals surface area (Å²) in [5, 5.41) is 11.0. The van der Waals surface area contributed by atoms with Crippen molar-refractivity contribution in [3.05, 3.63) is 12.2 Å². The van der Waals surface area contributed by atoms with Crippen LogP contribution < -0.4 is 5.32 Å². The van der Waals surface area contributed by atoms with Gasteiger partial charge in [-0.15, -0.1) is 6.58 Å². The molecule has 0 rings (SSSR count). The van der Waals surface area contributed by atoms with Crippen LogP contribution in [0.1, 0.15) is 13.3 Å². The third-order valence-corrected chi connectivity index (χ3v) is 1.44. The lowest BCUT2D eigenvalue weighted by Gasteiger charge is -2.14. The highest BCUT2D eigenvalue weighted by atomic mass is 19.4. The van der Waals surface area contributed by atoms with Crippen LogP contribution in [0.5, 0.6) is 0 Å². The molecule has 0 fully saturated rings. The standard InChI is InChI=1S/C8H14F3NO/c1-6(2)3-4-12-5-7(13)8(9,10)11/h7,12-13H,1,3-5H2,2H3. The molecule has 1 atom stereocenters. The first-order valence-corrected chi connectivity index (χ1v) is 3.94. The number of hydrogen-bond donors (Lipinski definition) is 2. The Bertz CT molecular complexity index is 167. The number of halogens is 3. The average molecular weight is 197 g/mol. The fourth-order valence-corrected chi connectivity index (χ4v) is 0.656. The van der Waals surface area contributed by atoms with Gasteiger partial charge in [-0.1, -0.05) is 5.57 Å². The third kappa shape index (κ3) is 6.60. The number of hydrogen-bond acceptors (Lipinski definition) is 2. The van der Waals surface area contributed by atoms with Crippen LogP contribution in [0.4, 0.5) is 13.2 Å². The molecule has 78 valence electrons. The van der Waals surface area contributed by atoms with Crippen molar-refractivity contribution in [2.75, 3.05) is 13.1 Å². The fourth-order valence-electron chi connectivity index (χ4n) is 0.656. The van der Waals surface area contributed by atoms with E-state index in [2.05, 4.69) is 11.9 Å². The Morgan fingerprint density at radius 3 is 2.46 bits per heavy atom. The summed E-state index contributed by atoms with van der Waals surface area (Å²) in [6, 6.07) is 0. The van der Waals surface area contributed by atoms with Gasteiger partial charge in [0.25, 0.3) is 0 Å². The summed E-state index contributed by atoms with van der Waals surface area (Å²) >= 11 is 0. The minimum atomic E-state index is -4.53. The van der Waals surface area contributed by atoms with Gasteiger partial charge in [0, 0.05) is 6.54 Å². The molecule has 0 aliphatic heterocycles. The van der Waals surface area contributed by atoms with Gasteiger partial charge in [0.05, 0.1) is 0 Å². The third-order valence-electron chi connectivity index (χ3n) is 1.44. The molecule has 0 saturated carbocycles. The van der Waals surface area contributed by atoms with Gasteiger partial charge < -0.3 is 10.4 Å². The van der Waals surface area contributed by atoms with Crippen molar-refractivity contribution in [1.82, 2.24) is 5.32 Å². The van der Waals surface area contributed by atoms with Gasteiger partial charge in [-0.2, -0.15) is 13.2 Å². The summed E-state index contributed by atoms with van der Waals surface area (Å²) in [5.41, 5.74) is 0.897. The first kappa shape index (κ1) is 12.4. The minimum absolute atomic E-state index is 0.405. The number of nitrogens with one attached hydrogen (secondary N) is 1. The monoisotopic (exact) mass is 197 g/mol. The SMILES string of the molecule is C=C(C)CCNCC(O)C(F)(F)F. The van der Waals surface area contributed by atoms with Gasteiger partial charge in [0.1, 0.15) is 0 Å². The molecule has 2 N–H and O–H groups in total. The van der Waals surface area contributed by atoms with Crippen molar-refractivity contribution < 1.29 is 18.3 Å². The zero-order valence-electron chi connectivity index (χ0n) is 7.49. The van der Waals surface area contributed by atoms with Gasteiger partial charge in [-0.25, -0.2) is 0 Å². The van der Waals surface area contributed by atoms with Gasteiger partial charge >= 0.3 is 6.18 Å². The molecular formula is C8H14F3NO. The van der Waals surface area contributed by atoms with Gasteiger partial charge in [0.15, 0.2) is 6.10 Å². The van der Waals surface area contributed by atoms with Crippen molar-refractivity contribution in [3.8, 4) is 0 Å². The van der Waals surface area contributed by atoms with E-state index in [0.29, 0.717) is 13.0 Å². The molecule has 0 heterocycles. The molecule has 0 aromatic heterocycles. The van der Waals surface area contributed by atoms with Crippen LogP contribution in [0, 0.1) is 0 Å². The zero-order valence-corrected chi connectivity index (χ0v) is 7.49. The molecule has 13 heavy (non-hydrogen) atoms. The van der Waals surface area contributed by atoms with Crippen LogP contribution in [-0.2, 0) is 0 Å². The molecule has 0 aliphatic carbocycles. The van der Waals surface area contributed by atoms with Gasteiger partial charge in [0.2, 0.25) is 0 Å². The van der Waals surface area contributed by atoms with E-state index in [-0.39, 0.29) is 0 Å². The lowest BCUT2D eigenvalue weighted by Crippen LogP contribution is -2.38. The molecule has 0 spiro atoms. The topological polar surface area (TPSA) is 32.3 Å². The fraction of sp³-hybridized carbons (Fsp3) is 0.750.